The number of fused-ring (bicyclic) bond motifs is 1. The number of allylic oxidation sites excluding steroid dienone is 3. The van der Waals surface area contributed by atoms with Gasteiger partial charge in [-0.15, -0.1) is 0 Å². The quantitative estimate of drug-likeness (QED) is 0.671. The van der Waals surface area contributed by atoms with Gasteiger partial charge in [0.1, 0.15) is 0 Å². The molecule has 1 aliphatic carbocycles. The molecule has 2 rings (SSSR count). The number of rotatable bonds is 1. The molecule has 0 bridgehead atoms. The van der Waals surface area contributed by atoms with Gasteiger partial charge in [-0.3, -0.25) is 0 Å². The van der Waals surface area contributed by atoms with Crippen LogP contribution in [0.2, 0.25) is 0 Å². The molecular formula is C13H21N. The van der Waals surface area contributed by atoms with Crippen LogP contribution in [-0.4, -0.2) is 6.04 Å². The lowest BCUT2D eigenvalue weighted by atomic mass is 9.75. The largest absolute Gasteiger partial charge is 0.381 e. The number of nitrogens with one attached hydrogen (secondary N) is 1. The van der Waals surface area contributed by atoms with E-state index in [-0.39, 0.29) is 0 Å². The first kappa shape index (κ1) is 9.82. The van der Waals surface area contributed by atoms with Crippen molar-refractivity contribution in [3.8, 4) is 0 Å². The van der Waals surface area contributed by atoms with E-state index in [9.17, 15) is 0 Å². The fourth-order valence-electron chi connectivity index (χ4n) is 2.94. The van der Waals surface area contributed by atoms with Crippen molar-refractivity contribution < 1.29 is 0 Å². The van der Waals surface area contributed by atoms with E-state index in [0.29, 0.717) is 17.4 Å². The maximum absolute atomic E-state index is 3.68. The van der Waals surface area contributed by atoms with Crippen LogP contribution in [0.1, 0.15) is 40.5 Å². The maximum atomic E-state index is 3.68. The van der Waals surface area contributed by atoms with E-state index in [1.54, 1.807) is 5.57 Å². The van der Waals surface area contributed by atoms with E-state index in [0.717, 1.165) is 0 Å². The molecule has 0 aromatic carbocycles. The second-order valence-electron chi connectivity index (χ2n) is 5.40. The van der Waals surface area contributed by atoms with Crippen LogP contribution in [0.3, 0.4) is 0 Å². The molecule has 1 fully saturated rings. The van der Waals surface area contributed by atoms with E-state index < -0.39 is 0 Å². The summed E-state index contributed by atoms with van der Waals surface area (Å²) in [5.74, 6) is 0.692. The van der Waals surface area contributed by atoms with Crippen LogP contribution in [0.15, 0.2) is 23.4 Å². The average molecular weight is 191 g/mol. The number of hydrogen-bond donors (Lipinski definition) is 1. The molecule has 78 valence electrons. The molecule has 0 radical (unpaired) electrons. The summed E-state index contributed by atoms with van der Waals surface area (Å²) in [4.78, 5) is 0. The van der Waals surface area contributed by atoms with Gasteiger partial charge in [0.25, 0.3) is 0 Å². The molecular weight excluding hydrogens is 170 g/mol. The van der Waals surface area contributed by atoms with Gasteiger partial charge in [0, 0.05) is 17.2 Å². The van der Waals surface area contributed by atoms with Gasteiger partial charge in [0.2, 0.25) is 0 Å². The molecule has 2 aliphatic rings. The fourth-order valence-corrected chi connectivity index (χ4v) is 2.94. The Morgan fingerprint density at radius 1 is 1.29 bits per heavy atom. The average Bonchev–Trinajstić information content (AvgIpc) is 2.39. The standard InChI is InChI=1S/C13H21N/c1-9(2)12-13(3,4)10-7-5-6-8-11(10)14-12/h7-9,12,14H,5-6H2,1-4H3. The second kappa shape index (κ2) is 3.15. The van der Waals surface area contributed by atoms with Gasteiger partial charge in [-0.25, -0.2) is 0 Å². The Bertz CT molecular complexity index is 294. The molecule has 0 spiro atoms. The van der Waals surface area contributed by atoms with E-state index in [2.05, 4.69) is 45.2 Å². The topological polar surface area (TPSA) is 12.0 Å². The molecule has 0 amide bonds. The van der Waals surface area contributed by atoms with Crippen molar-refractivity contribution in [1.29, 1.82) is 0 Å². The maximum Gasteiger partial charge on any atom is 0.0376 e. The highest BCUT2D eigenvalue weighted by molar-refractivity contribution is 5.43. The molecule has 0 aromatic heterocycles. The molecule has 1 heterocycles. The van der Waals surface area contributed by atoms with Crippen LogP contribution in [0.4, 0.5) is 0 Å². The molecule has 1 saturated heterocycles. The SMILES string of the molecule is CC(C)C1NC2=CCCC=C2C1(C)C. The summed E-state index contributed by atoms with van der Waals surface area (Å²) in [5, 5.41) is 3.68. The summed E-state index contributed by atoms with van der Waals surface area (Å²) >= 11 is 0. The van der Waals surface area contributed by atoms with E-state index in [1.165, 1.54) is 18.5 Å². The lowest BCUT2D eigenvalue weighted by molar-refractivity contribution is 0.289. The van der Waals surface area contributed by atoms with Crippen molar-refractivity contribution in [2.75, 3.05) is 0 Å². The highest BCUT2D eigenvalue weighted by Gasteiger charge is 2.43. The first-order chi connectivity index (χ1) is 6.53. The van der Waals surface area contributed by atoms with E-state index in [1.807, 2.05) is 0 Å². The summed E-state index contributed by atoms with van der Waals surface area (Å²) < 4.78 is 0. The Balaban J connectivity index is 2.36. The monoisotopic (exact) mass is 191 g/mol. The summed E-state index contributed by atoms with van der Waals surface area (Å²) in [6, 6.07) is 0.595. The van der Waals surface area contributed by atoms with Crippen molar-refractivity contribution >= 4 is 0 Å². The summed E-state index contributed by atoms with van der Waals surface area (Å²) in [6.45, 7) is 9.33. The first-order valence-corrected chi connectivity index (χ1v) is 5.71. The highest BCUT2D eigenvalue weighted by atomic mass is 15.0. The zero-order chi connectivity index (χ0) is 10.3. The molecule has 1 N–H and O–H groups in total. The van der Waals surface area contributed by atoms with Crippen molar-refractivity contribution in [2.24, 2.45) is 11.3 Å². The van der Waals surface area contributed by atoms with Crippen LogP contribution < -0.4 is 5.32 Å². The van der Waals surface area contributed by atoms with Gasteiger partial charge in [0.05, 0.1) is 0 Å². The van der Waals surface area contributed by atoms with Gasteiger partial charge < -0.3 is 5.32 Å². The minimum Gasteiger partial charge on any atom is -0.381 e. The van der Waals surface area contributed by atoms with Crippen LogP contribution >= 0.6 is 0 Å². The normalized spacial score (nSPS) is 29.4. The Morgan fingerprint density at radius 3 is 2.50 bits per heavy atom. The summed E-state index contributed by atoms with van der Waals surface area (Å²) in [6.07, 6.45) is 7.20. The van der Waals surface area contributed by atoms with Crippen molar-refractivity contribution in [3.63, 3.8) is 0 Å². The zero-order valence-electron chi connectivity index (χ0n) is 9.72. The predicted molar refractivity (Wildman–Crippen MR) is 60.9 cm³/mol. The van der Waals surface area contributed by atoms with Crippen molar-refractivity contribution in [2.45, 2.75) is 46.6 Å². The Labute approximate surface area is 87.3 Å². The fraction of sp³-hybridized carbons (Fsp3) is 0.692. The predicted octanol–water partition coefficient (Wildman–Crippen LogP) is 3.24. The molecule has 1 nitrogen and oxygen atoms in total. The van der Waals surface area contributed by atoms with Gasteiger partial charge in [-0.2, -0.15) is 0 Å². The lowest BCUT2D eigenvalue weighted by Gasteiger charge is -2.30. The lowest BCUT2D eigenvalue weighted by Crippen LogP contribution is -2.37. The van der Waals surface area contributed by atoms with E-state index in [4.69, 9.17) is 0 Å². The Kier molecular flexibility index (Phi) is 2.21. The first-order valence-electron chi connectivity index (χ1n) is 5.71. The van der Waals surface area contributed by atoms with Crippen LogP contribution in [0, 0.1) is 11.3 Å². The van der Waals surface area contributed by atoms with Gasteiger partial charge in [-0.05, 0) is 24.3 Å². The molecule has 14 heavy (non-hydrogen) atoms. The Hall–Kier alpha value is -0.720. The van der Waals surface area contributed by atoms with Crippen molar-refractivity contribution in [1.82, 2.24) is 5.32 Å². The summed E-state index contributed by atoms with van der Waals surface area (Å²) in [5.41, 5.74) is 3.25. The molecule has 1 aliphatic heterocycles. The highest BCUT2D eigenvalue weighted by Crippen LogP contribution is 2.45. The van der Waals surface area contributed by atoms with Crippen LogP contribution in [0.25, 0.3) is 0 Å². The van der Waals surface area contributed by atoms with Crippen LogP contribution in [-0.2, 0) is 0 Å². The third-order valence-corrected chi connectivity index (χ3v) is 3.60. The van der Waals surface area contributed by atoms with Gasteiger partial charge >= 0.3 is 0 Å². The molecule has 0 saturated carbocycles. The molecule has 1 atom stereocenters. The second-order valence-corrected chi connectivity index (χ2v) is 5.40. The van der Waals surface area contributed by atoms with Gasteiger partial charge in [0.15, 0.2) is 0 Å². The smallest absolute Gasteiger partial charge is 0.0376 e. The zero-order valence-corrected chi connectivity index (χ0v) is 9.72. The van der Waals surface area contributed by atoms with E-state index >= 15 is 0 Å². The summed E-state index contributed by atoms with van der Waals surface area (Å²) in [7, 11) is 0. The minimum atomic E-state index is 0.306. The third kappa shape index (κ3) is 1.30. The number of hydrogen-bond acceptors (Lipinski definition) is 1. The third-order valence-electron chi connectivity index (χ3n) is 3.60. The molecule has 0 aromatic rings. The van der Waals surface area contributed by atoms with Crippen LogP contribution in [0.5, 0.6) is 0 Å². The Morgan fingerprint density at radius 2 is 1.93 bits per heavy atom. The minimum absolute atomic E-state index is 0.306. The van der Waals surface area contributed by atoms with Crippen molar-refractivity contribution in [3.05, 3.63) is 23.4 Å². The van der Waals surface area contributed by atoms with Gasteiger partial charge in [-0.1, -0.05) is 39.8 Å². The molecule has 1 heteroatoms. The molecule has 1 unspecified atom stereocenters.